The van der Waals surface area contributed by atoms with Crippen LogP contribution >= 0.6 is 0 Å². The van der Waals surface area contributed by atoms with Crippen LogP contribution in [0.3, 0.4) is 0 Å². The zero-order valence-electron chi connectivity index (χ0n) is 27.4. The van der Waals surface area contributed by atoms with E-state index in [-0.39, 0.29) is 11.9 Å². The van der Waals surface area contributed by atoms with Gasteiger partial charge in [0.2, 0.25) is 0 Å². The number of allylic oxidation sites excluding steroid dienone is 1. The van der Waals surface area contributed by atoms with Gasteiger partial charge in [0.25, 0.3) is 0 Å². The second-order valence-corrected chi connectivity index (χ2v) is 12.9. The quantitative estimate of drug-likeness (QED) is 0.304. The van der Waals surface area contributed by atoms with Crippen molar-refractivity contribution in [1.29, 1.82) is 0 Å². The van der Waals surface area contributed by atoms with E-state index in [1.165, 1.54) is 11.4 Å². The highest BCUT2D eigenvalue weighted by atomic mass is 19.1. The van der Waals surface area contributed by atoms with Gasteiger partial charge in [-0.3, -0.25) is 4.99 Å². The van der Waals surface area contributed by atoms with Crippen LogP contribution in [0.4, 0.5) is 10.1 Å². The zero-order chi connectivity index (χ0) is 31.7. The molecule has 2 aromatic carbocycles. The van der Waals surface area contributed by atoms with Crippen LogP contribution in [-0.2, 0) is 19.5 Å². The fourth-order valence-corrected chi connectivity index (χ4v) is 7.20. The molecule has 0 saturated carbocycles. The molecule has 2 saturated heterocycles. The average Bonchev–Trinajstić information content (AvgIpc) is 3.71. The Hall–Kier alpha value is -3.97. The maximum Gasteiger partial charge on any atom is 0.129 e. The number of dihydropyridines is 1. The van der Waals surface area contributed by atoms with Crippen molar-refractivity contribution in [2.45, 2.75) is 66.1 Å². The third-order valence-corrected chi connectivity index (χ3v) is 9.64. The molecule has 1 N–H and O–H groups in total. The van der Waals surface area contributed by atoms with E-state index >= 15 is 4.39 Å². The summed E-state index contributed by atoms with van der Waals surface area (Å²) in [5.74, 6) is -0.173. The molecule has 6 heterocycles. The number of aliphatic imine (C=N–C) groups is 1. The smallest absolute Gasteiger partial charge is 0.129 e. The van der Waals surface area contributed by atoms with Gasteiger partial charge in [-0.05, 0) is 74.6 Å². The van der Waals surface area contributed by atoms with Crippen LogP contribution in [0.2, 0.25) is 0 Å². The number of rotatable bonds is 5. The molecule has 1 unspecified atom stereocenters. The molecule has 45 heavy (non-hydrogen) atoms. The number of benzene rings is 2. The minimum absolute atomic E-state index is 0.105. The fraction of sp³-hybridized carbons (Fsp3) is 0.421. The number of nitrogens with one attached hydrogen (secondary N) is 1. The SMILES string of the molecule is C=C(C)C(c1ncn2c1CCC2)N1Cc2c(F)cc(-c3ccc(N4CC5(CNC5)C4)cc3)cc2C1=C.CC.CC1=NCCC=C1. The molecule has 8 rings (SSSR count). The Balaban J connectivity index is 0.000000348. The Labute approximate surface area is 268 Å². The maximum absolute atomic E-state index is 15.5. The topological polar surface area (TPSA) is 48.7 Å². The average molecular weight is 607 g/mol. The number of aromatic nitrogens is 2. The second kappa shape index (κ2) is 12.8. The van der Waals surface area contributed by atoms with Crippen LogP contribution in [-0.4, -0.2) is 52.9 Å². The van der Waals surface area contributed by atoms with Gasteiger partial charge in [0.15, 0.2) is 0 Å². The lowest BCUT2D eigenvalue weighted by molar-refractivity contribution is 0.121. The summed E-state index contributed by atoms with van der Waals surface area (Å²) in [5, 5.41) is 3.39. The highest BCUT2D eigenvalue weighted by Gasteiger charge is 2.47. The number of fused-ring (bicyclic) bond motifs is 2. The van der Waals surface area contributed by atoms with Gasteiger partial charge >= 0.3 is 0 Å². The van der Waals surface area contributed by atoms with E-state index in [1.54, 1.807) is 6.07 Å². The first-order valence-corrected chi connectivity index (χ1v) is 16.5. The van der Waals surface area contributed by atoms with Crippen LogP contribution in [0.25, 0.3) is 16.8 Å². The van der Waals surface area contributed by atoms with E-state index < -0.39 is 0 Å². The monoisotopic (exact) mass is 606 g/mol. The molecule has 6 nitrogen and oxygen atoms in total. The van der Waals surface area contributed by atoms with Gasteiger partial charge in [0.05, 0.1) is 18.1 Å². The Morgan fingerprint density at radius 2 is 1.84 bits per heavy atom. The summed E-state index contributed by atoms with van der Waals surface area (Å²) in [5.41, 5.74) is 10.6. The molecule has 3 aromatic rings. The van der Waals surface area contributed by atoms with Gasteiger partial charge in [-0.2, -0.15) is 0 Å². The van der Waals surface area contributed by atoms with E-state index in [0.717, 1.165) is 97.9 Å². The Morgan fingerprint density at radius 1 is 1.09 bits per heavy atom. The van der Waals surface area contributed by atoms with Gasteiger partial charge < -0.3 is 19.7 Å². The highest BCUT2D eigenvalue weighted by Crippen LogP contribution is 2.44. The molecule has 0 radical (unpaired) electrons. The Kier molecular flexibility index (Phi) is 8.82. The summed E-state index contributed by atoms with van der Waals surface area (Å²) in [7, 11) is 0. The molecule has 236 valence electrons. The lowest BCUT2D eigenvalue weighted by Gasteiger charge is -2.57. The summed E-state index contributed by atoms with van der Waals surface area (Å²) in [6, 6.07) is 12.2. The number of hydrogen-bond acceptors (Lipinski definition) is 5. The molecule has 2 fully saturated rings. The minimum Gasteiger partial charge on any atom is -0.370 e. The second-order valence-electron chi connectivity index (χ2n) is 12.9. The maximum atomic E-state index is 15.5. The minimum atomic E-state index is -0.173. The molecule has 0 bridgehead atoms. The molecule has 1 spiro atoms. The molecule has 0 amide bonds. The van der Waals surface area contributed by atoms with Gasteiger partial charge in [-0.15, -0.1) is 0 Å². The zero-order valence-corrected chi connectivity index (χ0v) is 27.4. The molecule has 0 aliphatic carbocycles. The van der Waals surface area contributed by atoms with E-state index in [0.29, 0.717) is 17.5 Å². The van der Waals surface area contributed by atoms with Gasteiger partial charge in [0, 0.05) is 85.1 Å². The first-order valence-electron chi connectivity index (χ1n) is 16.5. The molecule has 1 atom stereocenters. The molecular weight excluding hydrogens is 559 g/mol. The van der Waals surface area contributed by atoms with Gasteiger partial charge in [-0.25, -0.2) is 9.37 Å². The Morgan fingerprint density at radius 3 is 2.44 bits per heavy atom. The number of anilines is 1. The summed E-state index contributed by atoms with van der Waals surface area (Å²) in [6.07, 6.45) is 9.44. The molecule has 1 aromatic heterocycles. The van der Waals surface area contributed by atoms with Crippen molar-refractivity contribution in [3.63, 3.8) is 0 Å². The highest BCUT2D eigenvalue weighted by molar-refractivity contribution is 5.93. The third-order valence-electron chi connectivity index (χ3n) is 9.64. The van der Waals surface area contributed by atoms with Gasteiger partial charge in [-0.1, -0.05) is 50.8 Å². The summed E-state index contributed by atoms with van der Waals surface area (Å²) >= 11 is 0. The fourth-order valence-electron chi connectivity index (χ4n) is 7.20. The van der Waals surface area contributed by atoms with Crippen molar-refractivity contribution in [2.24, 2.45) is 10.4 Å². The van der Waals surface area contributed by atoms with E-state index in [9.17, 15) is 0 Å². The van der Waals surface area contributed by atoms with E-state index in [2.05, 4.69) is 80.3 Å². The normalized spacial score (nSPS) is 19.3. The van der Waals surface area contributed by atoms with Crippen molar-refractivity contribution in [3.05, 3.63) is 102 Å². The lowest BCUT2D eigenvalue weighted by Crippen LogP contribution is -2.71. The predicted octanol–water partition coefficient (Wildman–Crippen LogP) is 7.58. The number of imidazole rings is 1. The van der Waals surface area contributed by atoms with E-state index in [1.807, 2.05) is 34.0 Å². The largest absolute Gasteiger partial charge is 0.370 e. The Bertz CT molecular complexity index is 1630. The summed E-state index contributed by atoms with van der Waals surface area (Å²) in [6.45, 7) is 23.7. The van der Waals surface area contributed by atoms with Crippen LogP contribution in [0, 0.1) is 11.2 Å². The first-order chi connectivity index (χ1) is 21.8. The summed E-state index contributed by atoms with van der Waals surface area (Å²) < 4.78 is 17.7. The van der Waals surface area contributed by atoms with Crippen molar-refractivity contribution >= 4 is 17.1 Å². The first kappa shape index (κ1) is 31.0. The van der Waals surface area contributed by atoms with Crippen LogP contribution in [0.5, 0.6) is 0 Å². The standard InChI is InChI=1S/C30H32FN5.C6H9N.C2H6/c1-19(2)29(28-27-5-4-10-34(27)18-33-28)36-13-25-24(20(36)3)11-22(12-26(25)31)21-6-8-23(9-7-21)35-16-30(17-35)14-32-15-30;1-6-4-2-3-5-7-6;1-2/h6-9,11-12,18,29,32H,1,3-5,10,13-17H2,2H3;2,4H,3,5H2,1H3;1-2H3. The molecule has 7 heteroatoms. The van der Waals surface area contributed by atoms with Crippen molar-refractivity contribution < 1.29 is 4.39 Å². The van der Waals surface area contributed by atoms with Gasteiger partial charge in [0.1, 0.15) is 5.82 Å². The summed E-state index contributed by atoms with van der Waals surface area (Å²) in [4.78, 5) is 13.5. The van der Waals surface area contributed by atoms with Crippen molar-refractivity contribution in [1.82, 2.24) is 19.8 Å². The number of aryl methyl sites for hydroxylation is 1. The van der Waals surface area contributed by atoms with Crippen LogP contribution in [0.1, 0.15) is 69.1 Å². The van der Waals surface area contributed by atoms with Crippen molar-refractivity contribution in [2.75, 3.05) is 37.6 Å². The number of halogens is 1. The predicted molar refractivity (Wildman–Crippen MR) is 185 cm³/mol. The number of nitrogens with zero attached hydrogens (tertiary/aromatic N) is 5. The lowest BCUT2D eigenvalue weighted by atomic mass is 9.74. The van der Waals surface area contributed by atoms with E-state index in [4.69, 9.17) is 4.98 Å². The number of hydrogen-bond donors (Lipinski definition) is 1. The molecule has 5 aliphatic heterocycles. The molecule has 5 aliphatic rings. The van der Waals surface area contributed by atoms with Crippen LogP contribution < -0.4 is 10.2 Å². The third kappa shape index (κ3) is 5.90. The van der Waals surface area contributed by atoms with Crippen molar-refractivity contribution in [3.8, 4) is 11.1 Å². The van der Waals surface area contributed by atoms with Crippen LogP contribution in [0.15, 0.2) is 78.6 Å². The molecular formula is C38H47FN6.